The van der Waals surface area contributed by atoms with Gasteiger partial charge in [-0.25, -0.2) is 8.42 Å². The van der Waals surface area contributed by atoms with Gasteiger partial charge in [-0.2, -0.15) is 26.3 Å². The number of hydrogen-bond donors (Lipinski definition) is 1. The lowest BCUT2D eigenvalue weighted by atomic mass is 9.92. The summed E-state index contributed by atoms with van der Waals surface area (Å²) in [5, 5.41) is 9.11. The lowest BCUT2D eigenvalue weighted by Gasteiger charge is -2.32. The Labute approximate surface area is 116 Å². The first-order chi connectivity index (χ1) is 9.18. The van der Waals surface area contributed by atoms with Crippen LogP contribution in [0.3, 0.4) is 0 Å². The molecule has 1 aromatic rings. The third kappa shape index (κ3) is 3.67. The van der Waals surface area contributed by atoms with Gasteiger partial charge in [0.1, 0.15) is 0 Å². The number of rotatable bonds is 3. The molecule has 0 heterocycles. The Morgan fingerprint density at radius 2 is 1.33 bits per heavy atom. The molecule has 1 rings (SSSR count). The molecule has 10 heteroatoms. The molecule has 1 N–H and O–H groups in total. The molecule has 1 aromatic carbocycles. The van der Waals surface area contributed by atoms with Gasteiger partial charge in [-0.1, -0.05) is 24.3 Å². The Morgan fingerprint density at radius 1 is 0.952 bits per heavy atom. The van der Waals surface area contributed by atoms with Crippen LogP contribution in [0.1, 0.15) is 11.1 Å². The van der Waals surface area contributed by atoms with Crippen LogP contribution in [0.5, 0.6) is 0 Å². The molecule has 0 bridgehead atoms. The Kier molecular flexibility index (Phi) is 4.37. The molecule has 0 saturated carbocycles. The van der Waals surface area contributed by atoms with E-state index in [-0.39, 0.29) is 5.56 Å². The molecule has 0 saturated heterocycles. The highest BCUT2D eigenvalue weighted by molar-refractivity contribution is 7.89. The summed E-state index contributed by atoms with van der Waals surface area (Å²) in [4.78, 5) is 0. The fraction of sp³-hybridized carbons (Fsp3) is 0.455. The van der Waals surface area contributed by atoms with E-state index in [2.05, 4.69) is 0 Å². The lowest BCUT2D eigenvalue weighted by molar-refractivity contribution is -0.376. The minimum absolute atomic E-state index is 0.00736. The first kappa shape index (κ1) is 17.8. The second kappa shape index (κ2) is 5.16. The van der Waals surface area contributed by atoms with Crippen LogP contribution in [-0.2, 0) is 21.2 Å². The molecule has 3 nitrogen and oxygen atoms in total. The van der Waals surface area contributed by atoms with Crippen molar-refractivity contribution in [1.29, 1.82) is 0 Å². The molecular weight excluding hydrogens is 326 g/mol. The summed E-state index contributed by atoms with van der Waals surface area (Å²) in [7, 11) is -3.49. The number of benzene rings is 1. The van der Waals surface area contributed by atoms with Crippen LogP contribution in [0.2, 0.25) is 0 Å². The fourth-order valence-corrected chi connectivity index (χ4v) is 2.43. The molecule has 120 valence electrons. The van der Waals surface area contributed by atoms with Gasteiger partial charge in [0, 0.05) is 11.8 Å². The van der Waals surface area contributed by atoms with E-state index in [9.17, 15) is 34.8 Å². The number of halogens is 6. The van der Waals surface area contributed by atoms with E-state index >= 15 is 0 Å². The van der Waals surface area contributed by atoms with E-state index in [1.807, 2.05) is 0 Å². The Balaban J connectivity index is 3.31. The topological polar surface area (TPSA) is 54.4 Å². The monoisotopic (exact) mass is 336 g/mol. The average Bonchev–Trinajstić information content (AvgIpc) is 2.23. The van der Waals surface area contributed by atoms with Gasteiger partial charge < -0.3 is 5.11 Å². The van der Waals surface area contributed by atoms with Gasteiger partial charge in [-0.3, -0.25) is 0 Å². The van der Waals surface area contributed by atoms with Crippen molar-refractivity contribution in [2.24, 2.45) is 0 Å². The van der Waals surface area contributed by atoms with Gasteiger partial charge in [0.05, 0.1) is 5.75 Å². The average molecular weight is 336 g/mol. The van der Waals surface area contributed by atoms with Gasteiger partial charge in [0.15, 0.2) is 9.84 Å². The maximum atomic E-state index is 12.6. The third-order valence-corrected chi connectivity index (χ3v) is 3.48. The third-order valence-electron chi connectivity index (χ3n) is 2.62. The molecule has 0 unspecified atom stereocenters. The standard InChI is InChI=1S/C11H10F6O3S/c1-21(19,20)6-7-2-4-8(5-3-7)9(18,10(12,13)14)11(15,16)17/h2-5,18H,6H2,1H3. The van der Waals surface area contributed by atoms with Gasteiger partial charge in [0.2, 0.25) is 0 Å². The highest BCUT2D eigenvalue weighted by atomic mass is 32.2. The Morgan fingerprint density at radius 3 is 1.62 bits per heavy atom. The van der Waals surface area contributed by atoms with Crippen molar-refractivity contribution in [1.82, 2.24) is 0 Å². The van der Waals surface area contributed by atoms with Crippen molar-refractivity contribution in [3.05, 3.63) is 35.4 Å². The van der Waals surface area contributed by atoms with Crippen molar-refractivity contribution >= 4 is 9.84 Å². The molecule has 0 amide bonds. The summed E-state index contributed by atoms with van der Waals surface area (Å²) >= 11 is 0. The van der Waals surface area contributed by atoms with Gasteiger partial charge in [0.25, 0.3) is 5.60 Å². The highest BCUT2D eigenvalue weighted by Crippen LogP contribution is 2.49. The molecule has 21 heavy (non-hydrogen) atoms. The van der Waals surface area contributed by atoms with Crippen molar-refractivity contribution < 1.29 is 39.9 Å². The van der Waals surface area contributed by atoms with Gasteiger partial charge in [-0.15, -0.1) is 0 Å². The van der Waals surface area contributed by atoms with E-state index < -0.39 is 39.1 Å². The smallest absolute Gasteiger partial charge is 0.369 e. The molecule has 0 aliphatic heterocycles. The largest absolute Gasteiger partial charge is 0.430 e. The summed E-state index contributed by atoms with van der Waals surface area (Å²) in [6.07, 6.45) is -11.1. The molecule has 0 aromatic heterocycles. The van der Waals surface area contributed by atoms with E-state index in [4.69, 9.17) is 5.11 Å². The van der Waals surface area contributed by atoms with E-state index in [0.29, 0.717) is 12.1 Å². The zero-order valence-corrected chi connectivity index (χ0v) is 11.3. The fourth-order valence-electron chi connectivity index (χ4n) is 1.63. The molecule has 0 aliphatic rings. The van der Waals surface area contributed by atoms with E-state index in [1.165, 1.54) is 0 Å². The van der Waals surface area contributed by atoms with Crippen LogP contribution in [0.25, 0.3) is 0 Å². The molecule has 0 radical (unpaired) electrons. The van der Waals surface area contributed by atoms with Crippen molar-refractivity contribution in [2.75, 3.05) is 6.26 Å². The summed E-state index contributed by atoms with van der Waals surface area (Å²) in [5.41, 5.74) is -6.43. The van der Waals surface area contributed by atoms with Crippen LogP contribution in [0, 0.1) is 0 Å². The zero-order chi connectivity index (χ0) is 16.7. The van der Waals surface area contributed by atoms with Gasteiger partial charge >= 0.3 is 12.4 Å². The Bertz CT molecular complexity index is 586. The predicted molar refractivity (Wildman–Crippen MR) is 61.0 cm³/mol. The quantitative estimate of drug-likeness (QED) is 0.863. The van der Waals surface area contributed by atoms with Crippen LogP contribution in [0.15, 0.2) is 24.3 Å². The second-order valence-electron chi connectivity index (χ2n) is 4.47. The second-order valence-corrected chi connectivity index (χ2v) is 6.61. The van der Waals surface area contributed by atoms with Crippen molar-refractivity contribution in [3.63, 3.8) is 0 Å². The van der Waals surface area contributed by atoms with Gasteiger partial charge in [-0.05, 0) is 5.56 Å². The van der Waals surface area contributed by atoms with Crippen LogP contribution >= 0.6 is 0 Å². The maximum absolute atomic E-state index is 12.6. The molecule has 0 spiro atoms. The number of sulfone groups is 1. The van der Waals surface area contributed by atoms with Crippen molar-refractivity contribution in [2.45, 2.75) is 23.7 Å². The van der Waals surface area contributed by atoms with Crippen LogP contribution in [-0.4, -0.2) is 32.1 Å². The molecule has 0 atom stereocenters. The molecule has 0 fully saturated rings. The SMILES string of the molecule is CS(=O)(=O)Cc1ccc(C(O)(C(F)(F)F)C(F)(F)F)cc1. The number of alkyl halides is 6. The highest BCUT2D eigenvalue weighted by Gasteiger charge is 2.71. The maximum Gasteiger partial charge on any atom is 0.430 e. The van der Waals surface area contributed by atoms with Crippen LogP contribution < -0.4 is 0 Å². The van der Waals surface area contributed by atoms with E-state index in [1.54, 1.807) is 0 Å². The predicted octanol–water partition coefficient (Wildman–Crippen LogP) is 2.54. The Hall–Kier alpha value is -1.29. The minimum atomic E-state index is -5.97. The zero-order valence-electron chi connectivity index (χ0n) is 10.5. The lowest BCUT2D eigenvalue weighted by Crippen LogP contribution is -2.53. The molecule has 0 aliphatic carbocycles. The normalized spacial score (nSPS) is 14.3. The van der Waals surface area contributed by atoms with Crippen LogP contribution in [0.4, 0.5) is 26.3 Å². The minimum Gasteiger partial charge on any atom is -0.369 e. The summed E-state index contributed by atoms with van der Waals surface area (Å²) in [5.74, 6) is -0.538. The van der Waals surface area contributed by atoms with Crippen molar-refractivity contribution in [3.8, 4) is 0 Å². The first-order valence-corrected chi connectivity index (χ1v) is 7.37. The first-order valence-electron chi connectivity index (χ1n) is 5.31. The summed E-state index contributed by atoms with van der Waals surface area (Å²) < 4.78 is 97.5. The number of aliphatic hydroxyl groups is 1. The summed E-state index contributed by atoms with van der Waals surface area (Å²) in [6.45, 7) is 0. The number of hydrogen-bond acceptors (Lipinski definition) is 3. The molecular formula is C11H10F6O3S. The summed E-state index contributed by atoms with van der Waals surface area (Å²) in [6, 6.07) is 2.39. The van der Waals surface area contributed by atoms with E-state index in [0.717, 1.165) is 18.4 Å².